The van der Waals surface area contributed by atoms with Gasteiger partial charge in [-0.3, -0.25) is 0 Å². The van der Waals surface area contributed by atoms with Crippen LogP contribution in [0.25, 0.3) is 17.2 Å². The number of aryl methyl sites for hydroxylation is 1. The van der Waals surface area contributed by atoms with Crippen LogP contribution in [0.3, 0.4) is 0 Å². The van der Waals surface area contributed by atoms with E-state index < -0.39 is 5.97 Å². The molecule has 0 fully saturated rings. The molecular formula is C27H24O4. The van der Waals surface area contributed by atoms with E-state index in [9.17, 15) is 4.79 Å². The lowest BCUT2D eigenvalue weighted by atomic mass is 9.98. The Morgan fingerprint density at radius 1 is 1.00 bits per heavy atom. The topological polar surface area (TPSA) is 44.8 Å². The molecule has 0 radical (unpaired) electrons. The van der Waals surface area contributed by atoms with Gasteiger partial charge in [-0.1, -0.05) is 65.9 Å². The summed E-state index contributed by atoms with van der Waals surface area (Å²) in [6.45, 7) is 2.13. The molecule has 0 heterocycles. The fourth-order valence-electron chi connectivity index (χ4n) is 3.00. The molecular weight excluding hydrogens is 388 g/mol. The normalized spacial score (nSPS) is 10.4. The van der Waals surface area contributed by atoms with Crippen molar-refractivity contribution in [3.63, 3.8) is 0 Å². The molecule has 0 atom stereocenters. The van der Waals surface area contributed by atoms with Gasteiger partial charge < -0.3 is 14.2 Å². The summed E-state index contributed by atoms with van der Waals surface area (Å²) < 4.78 is 15.3. The van der Waals surface area contributed by atoms with Crippen LogP contribution in [0, 0.1) is 18.8 Å². The fourth-order valence-corrected chi connectivity index (χ4v) is 3.00. The molecule has 0 aromatic heterocycles. The Bertz CT molecular complexity index is 1130. The van der Waals surface area contributed by atoms with Crippen LogP contribution >= 0.6 is 0 Å². The van der Waals surface area contributed by atoms with E-state index in [4.69, 9.17) is 14.2 Å². The maximum absolute atomic E-state index is 11.8. The smallest absolute Gasteiger partial charge is 0.337 e. The minimum absolute atomic E-state index is 0.0546. The van der Waals surface area contributed by atoms with Gasteiger partial charge in [0.1, 0.15) is 5.75 Å². The molecule has 0 aliphatic carbocycles. The minimum atomic E-state index is -0.436. The summed E-state index contributed by atoms with van der Waals surface area (Å²) in [7, 11) is 2.87. The van der Waals surface area contributed by atoms with Crippen molar-refractivity contribution >= 4 is 12.0 Å². The first kappa shape index (κ1) is 21.9. The standard InChI is InChI=1S/C27H24O4/c1-20-12-14-22(15-13-20)25-11-7-6-9-21(25)8-4-5-10-23-16-17-24(27(28)30-3)18-26(23)31-19-29-2/h4,6-9,11-18H,19H2,1-3H3. The molecule has 3 aromatic carbocycles. The molecule has 0 spiro atoms. The summed E-state index contributed by atoms with van der Waals surface area (Å²) in [5.74, 6) is 6.15. The van der Waals surface area contributed by atoms with Crippen LogP contribution in [0.2, 0.25) is 0 Å². The average molecular weight is 412 g/mol. The Balaban J connectivity index is 1.85. The van der Waals surface area contributed by atoms with Gasteiger partial charge in [-0.15, -0.1) is 0 Å². The lowest BCUT2D eigenvalue weighted by molar-refractivity contribution is 0.0502. The number of hydrogen-bond donors (Lipinski definition) is 0. The first-order valence-corrected chi connectivity index (χ1v) is 9.80. The zero-order chi connectivity index (χ0) is 22.1. The Hall–Kier alpha value is -3.81. The molecule has 0 saturated carbocycles. The summed E-state index contributed by atoms with van der Waals surface area (Å²) in [5.41, 5.74) is 5.66. The van der Waals surface area contributed by atoms with Crippen LogP contribution in [0.15, 0.2) is 72.8 Å². The Morgan fingerprint density at radius 3 is 2.52 bits per heavy atom. The third-order valence-electron chi connectivity index (χ3n) is 4.61. The van der Waals surface area contributed by atoms with E-state index in [0.717, 1.165) is 16.7 Å². The van der Waals surface area contributed by atoms with E-state index in [0.29, 0.717) is 16.9 Å². The average Bonchev–Trinajstić information content (AvgIpc) is 2.81. The molecule has 0 N–H and O–H groups in total. The largest absolute Gasteiger partial charge is 0.466 e. The number of esters is 1. The number of allylic oxidation sites excluding steroid dienone is 1. The number of methoxy groups -OCH3 is 2. The van der Waals surface area contributed by atoms with E-state index in [1.165, 1.54) is 19.8 Å². The number of carbonyl (C=O) groups is 1. The maximum atomic E-state index is 11.8. The van der Waals surface area contributed by atoms with Gasteiger partial charge in [0.2, 0.25) is 0 Å². The lowest BCUT2D eigenvalue weighted by Gasteiger charge is -2.08. The van der Waals surface area contributed by atoms with Gasteiger partial charge in [-0.25, -0.2) is 4.79 Å². The van der Waals surface area contributed by atoms with Gasteiger partial charge in [0.15, 0.2) is 6.79 Å². The van der Waals surface area contributed by atoms with Gasteiger partial charge in [0, 0.05) is 7.11 Å². The van der Waals surface area contributed by atoms with Gasteiger partial charge in [0.25, 0.3) is 0 Å². The summed E-state index contributed by atoms with van der Waals surface area (Å²) in [5, 5.41) is 0. The predicted octanol–water partition coefficient (Wildman–Crippen LogP) is 5.50. The number of hydrogen-bond acceptors (Lipinski definition) is 4. The molecule has 0 amide bonds. The molecule has 4 heteroatoms. The Labute approximate surface area is 183 Å². The van der Waals surface area contributed by atoms with Crippen molar-refractivity contribution in [3.05, 3.63) is 95.1 Å². The summed E-state index contributed by atoms with van der Waals surface area (Å²) in [4.78, 5) is 11.8. The quantitative estimate of drug-likeness (QED) is 0.305. The van der Waals surface area contributed by atoms with Crippen molar-refractivity contribution in [1.82, 2.24) is 0 Å². The van der Waals surface area contributed by atoms with Crippen molar-refractivity contribution in [2.45, 2.75) is 6.92 Å². The van der Waals surface area contributed by atoms with Gasteiger partial charge in [-0.2, -0.15) is 0 Å². The van der Waals surface area contributed by atoms with E-state index in [2.05, 4.69) is 55.2 Å². The SMILES string of the molecule is COCOc1cc(C(=O)OC)ccc1C#CC=Cc1ccccc1-c1ccc(C)cc1. The molecule has 156 valence electrons. The number of rotatable bonds is 6. The van der Waals surface area contributed by atoms with Gasteiger partial charge >= 0.3 is 5.97 Å². The molecule has 0 unspecified atom stereocenters. The summed E-state index contributed by atoms with van der Waals surface area (Å²) in [6, 6.07) is 21.6. The fraction of sp³-hybridized carbons (Fsp3) is 0.148. The first-order valence-electron chi connectivity index (χ1n) is 9.80. The van der Waals surface area contributed by atoms with Crippen LogP contribution in [-0.4, -0.2) is 27.0 Å². The van der Waals surface area contributed by atoms with Crippen molar-refractivity contribution in [2.24, 2.45) is 0 Å². The zero-order valence-electron chi connectivity index (χ0n) is 17.8. The van der Waals surface area contributed by atoms with Crippen molar-refractivity contribution in [2.75, 3.05) is 21.0 Å². The maximum Gasteiger partial charge on any atom is 0.337 e. The highest BCUT2D eigenvalue weighted by Gasteiger charge is 2.10. The van der Waals surface area contributed by atoms with Crippen molar-refractivity contribution < 1.29 is 19.0 Å². The Morgan fingerprint density at radius 2 is 1.77 bits per heavy atom. The highest BCUT2D eigenvalue weighted by Crippen LogP contribution is 2.25. The minimum Gasteiger partial charge on any atom is -0.466 e. The van der Waals surface area contributed by atoms with Crippen LogP contribution < -0.4 is 4.74 Å². The van der Waals surface area contributed by atoms with Crippen LogP contribution in [-0.2, 0) is 9.47 Å². The number of benzene rings is 3. The third kappa shape index (κ3) is 5.85. The molecule has 0 saturated heterocycles. The lowest BCUT2D eigenvalue weighted by Crippen LogP contribution is -2.05. The van der Waals surface area contributed by atoms with Gasteiger partial charge in [0.05, 0.1) is 18.2 Å². The molecule has 0 aliphatic rings. The van der Waals surface area contributed by atoms with Crippen LogP contribution in [0.1, 0.15) is 27.0 Å². The molecule has 3 rings (SSSR count). The van der Waals surface area contributed by atoms with Gasteiger partial charge in [-0.05, 0) is 54.0 Å². The second-order valence-corrected chi connectivity index (χ2v) is 6.81. The van der Waals surface area contributed by atoms with E-state index in [1.54, 1.807) is 24.3 Å². The number of carbonyl (C=O) groups excluding carboxylic acids is 1. The second kappa shape index (κ2) is 10.8. The molecule has 3 aromatic rings. The van der Waals surface area contributed by atoms with Crippen LogP contribution in [0.5, 0.6) is 5.75 Å². The summed E-state index contributed by atoms with van der Waals surface area (Å²) >= 11 is 0. The Kier molecular flexibility index (Phi) is 7.64. The molecule has 0 aliphatic heterocycles. The van der Waals surface area contributed by atoms with Crippen molar-refractivity contribution in [3.8, 4) is 28.7 Å². The number of ether oxygens (including phenoxy) is 3. The highest BCUT2D eigenvalue weighted by atomic mass is 16.7. The van der Waals surface area contributed by atoms with E-state index >= 15 is 0 Å². The van der Waals surface area contributed by atoms with Crippen molar-refractivity contribution in [1.29, 1.82) is 0 Å². The third-order valence-corrected chi connectivity index (χ3v) is 4.61. The summed E-state index contributed by atoms with van der Waals surface area (Å²) in [6.07, 6.45) is 3.79. The molecule has 31 heavy (non-hydrogen) atoms. The predicted molar refractivity (Wildman–Crippen MR) is 123 cm³/mol. The van der Waals surface area contributed by atoms with E-state index in [-0.39, 0.29) is 6.79 Å². The van der Waals surface area contributed by atoms with Crippen LogP contribution in [0.4, 0.5) is 0 Å². The zero-order valence-corrected chi connectivity index (χ0v) is 17.8. The second-order valence-electron chi connectivity index (χ2n) is 6.81. The highest BCUT2D eigenvalue weighted by molar-refractivity contribution is 5.90. The first-order chi connectivity index (χ1) is 15.1. The monoisotopic (exact) mass is 412 g/mol. The molecule has 4 nitrogen and oxygen atoms in total. The molecule has 0 bridgehead atoms. The van der Waals surface area contributed by atoms with E-state index in [1.807, 2.05) is 18.2 Å².